The lowest BCUT2D eigenvalue weighted by Crippen LogP contribution is -2.33. The molecule has 0 bridgehead atoms. The molecule has 0 saturated heterocycles. The SMILES string of the molecule is CCN(CC)C(=O)Oc1ccc2c(ccn2Cc2ccc(Cl)cc2)c1NC(=O)[C@H](C)OC(C)=O. The number of carbonyl (C=O) groups excluding carboxylic acids is 3. The highest BCUT2D eigenvalue weighted by molar-refractivity contribution is 6.30. The van der Waals surface area contributed by atoms with Gasteiger partial charge in [0, 0.05) is 43.2 Å². The summed E-state index contributed by atoms with van der Waals surface area (Å²) in [5.74, 6) is -0.895. The van der Waals surface area contributed by atoms with E-state index >= 15 is 0 Å². The minimum absolute atomic E-state index is 0.206. The van der Waals surface area contributed by atoms with Crippen molar-refractivity contribution in [2.24, 2.45) is 0 Å². The van der Waals surface area contributed by atoms with Crippen molar-refractivity contribution in [2.45, 2.75) is 40.3 Å². The van der Waals surface area contributed by atoms with Crippen LogP contribution in [0.1, 0.15) is 33.3 Å². The molecule has 1 heterocycles. The summed E-state index contributed by atoms with van der Waals surface area (Å²) in [6.07, 6.45) is 0.351. The molecule has 9 heteroatoms. The molecule has 1 N–H and O–H groups in total. The highest BCUT2D eigenvalue weighted by Gasteiger charge is 2.22. The molecule has 0 unspecified atom stereocenters. The van der Waals surface area contributed by atoms with Crippen LogP contribution >= 0.6 is 11.6 Å². The smallest absolute Gasteiger partial charge is 0.415 e. The summed E-state index contributed by atoms with van der Waals surface area (Å²) >= 11 is 5.99. The zero-order chi connectivity index (χ0) is 24.8. The first-order chi connectivity index (χ1) is 16.2. The standard InChI is InChI=1S/C25H28ClN3O5/c1-5-28(6-2)25(32)34-22-12-11-21-20(23(22)27-24(31)16(3)33-17(4)30)13-14-29(21)15-18-7-9-19(26)10-8-18/h7-14,16H,5-6,15H2,1-4H3,(H,27,31)/t16-/m0/s1. The summed E-state index contributed by atoms with van der Waals surface area (Å²) in [6.45, 7) is 7.97. The number of carbonyl (C=O) groups is 3. The number of hydrogen-bond acceptors (Lipinski definition) is 5. The zero-order valence-electron chi connectivity index (χ0n) is 19.6. The lowest BCUT2D eigenvalue weighted by Gasteiger charge is -2.20. The van der Waals surface area contributed by atoms with Crippen LogP contribution in [0.25, 0.3) is 10.9 Å². The Morgan fingerprint density at radius 2 is 1.74 bits per heavy atom. The fourth-order valence-corrected chi connectivity index (χ4v) is 3.68. The van der Waals surface area contributed by atoms with Crippen LogP contribution in [0.3, 0.4) is 0 Å². The Bertz CT molecular complexity index is 1190. The van der Waals surface area contributed by atoms with E-state index in [0.717, 1.165) is 11.1 Å². The average molecular weight is 486 g/mol. The number of aromatic nitrogens is 1. The van der Waals surface area contributed by atoms with E-state index in [1.54, 1.807) is 6.07 Å². The van der Waals surface area contributed by atoms with Crippen LogP contribution in [-0.2, 0) is 20.9 Å². The van der Waals surface area contributed by atoms with E-state index in [0.29, 0.717) is 35.7 Å². The van der Waals surface area contributed by atoms with Crippen LogP contribution in [0, 0.1) is 0 Å². The Balaban J connectivity index is 2.00. The van der Waals surface area contributed by atoms with Crippen molar-refractivity contribution >= 4 is 46.2 Å². The number of nitrogens with one attached hydrogen (secondary N) is 1. The van der Waals surface area contributed by atoms with Gasteiger partial charge in [0.15, 0.2) is 11.9 Å². The molecule has 34 heavy (non-hydrogen) atoms. The molecule has 0 fully saturated rings. The van der Waals surface area contributed by atoms with Crippen molar-refractivity contribution in [1.82, 2.24) is 9.47 Å². The van der Waals surface area contributed by atoms with Crippen molar-refractivity contribution in [3.8, 4) is 5.75 Å². The second-order valence-electron chi connectivity index (χ2n) is 7.72. The van der Waals surface area contributed by atoms with Crippen LogP contribution in [0.4, 0.5) is 10.5 Å². The van der Waals surface area contributed by atoms with E-state index in [4.69, 9.17) is 21.1 Å². The molecule has 1 aromatic heterocycles. The quantitative estimate of drug-likeness (QED) is 0.450. The van der Waals surface area contributed by atoms with Crippen LogP contribution in [0.5, 0.6) is 5.75 Å². The van der Waals surface area contributed by atoms with Gasteiger partial charge in [-0.05, 0) is 56.7 Å². The zero-order valence-corrected chi connectivity index (χ0v) is 20.4. The third-order valence-electron chi connectivity index (χ3n) is 5.36. The Kier molecular flexibility index (Phi) is 8.17. The second kappa shape index (κ2) is 11.1. The van der Waals surface area contributed by atoms with Crippen LogP contribution in [-0.4, -0.2) is 46.6 Å². The first-order valence-corrected chi connectivity index (χ1v) is 11.4. The van der Waals surface area contributed by atoms with E-state index in [-0.39, 0.29) is 5.75 Å². The number of fused-ring (bicyclic) bond motifs is 1. The van der Waals surface area contributed by atoms with Gasteiger partial charge in [-0.3, -0.25) is 9.59 Å². The normalized spacial score (nSPS) is 11.7. The van der Waals surface area contributed by atoms with Gasteiger partial charge in [0.25, 0.3) is 5.91 Å². The highest BCUT2D eigenvalue weighted by Crippen LogP contribution is 2.35. The summed E-state index contributed by atoms with van der Waals surface area (Å²) in [7, 11) is 0. The van der Waals surface area contributed by atoms with E-state index in [9.17, 15) is 14.4 Å². The summed E-state index contributed by atoms with van der Waals surface area (Å²) in [5.41, 5.74) is 2.21. The minimum Gasteiger partial charge on any atom is -0.453 e. The molecule has 2 amide bonds. The molecule has 8 nitrogen and oxygen atoms in total. The second-order valence-corrected chi connectivity index (χ2v) is 8.16. The maximum absolute atomic E-state index is 12.7. The van der Waals surface area contributed by atoms with E-state index < -0.39 is 24.1 Å². The summed E-state index contributed by atoms with van der Waals surface area (Å²) in [5, 5.41) is 4.12. The van der Waals surface area contributed by atoms with Crippen molar-refractivity contribution < 1.29 is 23.9 Å². The number of ether oxygens (including phenoxy) is 2. The first kappa shape index (κ1) is 25.1. The number of halogens is 1. The van der Waals surface area contributed by atoms with Gasteiger partial charge in [0.1, 0.15) is 0 Å². The van der Waals surface area contributed by atoms with Crippen molar-refractivity contribution in [1.29, 1.82) is 0 Å². The average Bonchev–Trinajstić information content (AvgIpc) is 3.20. The molecule has 3 rings (SSSR count). The molecule has 0 spiro atoms. The van der Waals surface area contributed by atoms with E-state index in [1.807, 2.05) is 61.0 Å². The number of nitrogens with zero attached hydrogens (tertiary/aromatic N) is 2. The van der Waals surface area contributed by atoms with Gasteiger partial charge in [0.2, 0.25) is 0 Å². The number of esters is 1. The topological polar surface area (TPSA) is 89.9 Å². The molecule has 0 radical (unpaired) electrons. The first-order valence-electron chi connectivity index (χ1n) is 11.0. The van der Waals surface area contributed by atoms with Crippen molar-refractivity contribution in [2.75, 3.05) is 18.4 Å². The molecule has 1 atom stereocenters. The maximum Gasteiger partial charge on any atom is 0.415 e. The van der Waals surface area contributed by atoms with E-state index in [1.165, 1.54) is 18.7 Å². The van der Waals surface area contributed by atoms with Crippen LogP contribution < -0.4 is 10.1 Å². The van der Waals surface area contributed by atoms with Gasteiger partial charge >= 0.3 is 12.1 Å². The Hall–Kier alpha value is -3.52. The number of anilines is 1. The Morgan fingerprint density at radius 1 is 1.06 bits per heavy atom. The van der Waals surface area contributed by atoms with Gasteiger partial charge in [-0.15, -0.1) is 0 Å². The summed E-state index contributed by atoms with van der Waals surface area (Å²) in [4.78, 5) is 38.2. The molecule has 0 aliphatic heterocycles. The summed E-state index contributed by atoms with van der Waals surface area (Å²) in [6, 6.07) is 12.9. The Labute approximate surface area is 203 Å². The predicted molar refractivity (Wildman–Crippen MR) is 131 cm³/mol. The monoisotopic (exact) mass is 485 g/mol. The van der Waals surface area contributed by atoms with E-state index in [2.05, 4.69) is 5.32 Å². The number of benzene rings is 2. The van der Waals surface area contributed by atoms with Gasteiger partial charge in [0.05, 0.1) is 11.2 Å². The largest absolute Gasteiger partial charge is 0.453 e. The molecule has 0 saturated carbocycles. The Morgan fingerprint density at radius 3 is 2.35 bits per heavy atom. The van der Waals surface area contributed by atoms with Gasteiger partial charge in [-0.25, -0.2) is 4.79 Å². The van der Waals surface area contributed by atoms with Crippen molar-refractivity contribution in [3.05, 3.63) is 59.2 Å². The fraction of sp³-hybridized carbons (Fsp3) is 0.320. The molecule has 0 aliphatic rings. The predicted octanol–water partition coefficient (Wildman–Crippen LogP) is 5.07. The third kappa shape index (κ3) is 5.88. The molecular weight excluding hydrogens is 458 g/mol. The molecule has 180 valence electrons. The molecular formula is C25H28ClN3O5. The number of hydrogen-bond donors (Lipinski definition) is 1. The van der Waals surface area contributed by atoms with Gasteiger partial charge in [-0.1, -0.05) is 23.7 Å². The fourth-order valence-electron chi connectivity index (χ4n) is 3.56. The number of rotatable bonds is 8. The number of amides is 2. The summed E-state index contributed by atoms with van der Waals surface area (Å²) < 4.78 is 12.7. The molecule has 2 aromatic carbocycles. The van der Waals surface area contributed by atoms with Crippen LogP contribution in [0.15, 0.2) is 48.7 Å². The van der Waals surface area contributed by atoms with Crippen LogP contribution in [0.2, 0.25) is 5.02 Å². The van der Waals surface area contributed by atoms with Crippen molar-refractivity contribution in [3.63, 3.8) is 0 Å². The lowest BCUT2D eigenvalue weighted by atomic mass is 10.1. The molecule has 0 aliphatic carbocycles. The lowest BCUT2D eigenvalue weighted by molar-refractivity contribution is -0.150. The minimum atomic E-state index is -1.02. The maximum atomic E-state index is 12.7. The molecule has 3 aromatic rings. The third-order valence-corrected chi connectivity index (χ3v) is 5.61. The highest BCUT2D eigenvalue weighted by atomic mass is 35.5. The van der Waals surface area contributed by atoms with Gasteiger partial charge < -0.3 is 24.3 Å². The van der Waals surface area contributed by atoms with Gasteiger partial charge in [-0.2, -0.15) is 0 Å².